The maximum atomic E-state index is 15.6. The summed E-state index contributed by atoms with van der Waals surface area (Å²) in [4.78, 5) is 26.9. The predicted molar refractivity (Wildman–Crippen MR) is 173 cm³/mol. The van der Waals surface area contributed by atoms with Gasteiger partial charge in [0, 0.05) is 34.6 Å². The highest BCUT2D eigenvalue weighted by Crippen LogP contribution is 2.44. The van der Waals surface area contributed by atoms with Crippen molar-refractivity contribution in [2.75, 3.05) is 37.6 Å². The van der Waals surface area contributed by atoms with Gasteiger partial charge in [0.2, 0.25) is 18.4 Å². The highest BCUT2D eigenvalue weighted by molar-refractivity contribution is 6.09. The number of carbonyl (C=O) groups is 2. The number of rotatable bonds is 13. The Hall–Kier alpha value is -4.39. The molecule has 260 valence electrons. The van der Waals surface area contributed by atoms with Crippen LogP contribution < -0.4 is 20.6 Å². The van der Waals surface area contributed by atoms with Gasteiger partial charge in [0.25, 0.3) is 5.92 Å². The van der Waals surface area contributed by atoms with Crippen molar-refractivity contribution in [1.82, 2.24) is 4.58 Å². The van der Waals surface area contributed by atoms with Crippen LogP contribution in [0, 0.1) is 11.6 Å². The molecule has 2 aromatic rings. The lowest BCUT2D eigenvalue weighted by atomic mass is 9.88. The van der Waals surface area contributed by atoms with E-state index >= 15 is 8.78 Å². The molecule has 49 heavy (non-hydrogen) atoms. The Balaban J connectivity index is 1.45. The third-order valence-electron chi connectivity index (χ3n) is 9.18. The van der Waals surface area contributed by atoms with E-state index < -0.39 is 55.6 Å². The third kappa shape index (κ3) is 7.17. The number of carboxylic acids is 1. The molecule has 2 aromatic carbocycles. The van der Waals surface area contributed by atoms with Gasteiger partial charge in [-0.25, -0.2) is 22.5 Å². The number of nitrogens with two attached hydrogens (primary N) is 1. The summed E-state index contributed by atoms with van der Waals surface area (Å²) in [5, 5.41) is 10.0. The summed E-state index contributed by atoms with van der Waals surface area (Å²) in [6.07, 6.45) is 6.74. The molecule has 7 nitrogen and oxygen atoms in total. The number of aromatic carboxylic acids is 1. The molecule has 1 aliphatic carbocycles. The molecule has 3 aliphatic heterocycles. The van der Waals surface area contributed by atoms with Crippen molar-refractivity contribution in [1.29, 1.82) is 0 Å². The second-order valence-electron chi connectivity index (χ2n) is 13.0. The number of halogens is 6. The first-order chi connectivity index (χ1) is 23.3. The van der Waals surface area contributed by atoms with Gasteiger partial charge in [0.15, 0.2) is 11.6 Å². The lowest BCUT2D eigenvalue weighted by molar-refractivity contribution is -0.0649. The number of anilines is 1. The van der Waals surface area contributed by atoms with Crippen molar-refractivity contribution in [3.63, 3.8) is 0 Å². The van der Waals surface area contributed by atoms with Gasteiger partial charge >= 0.3 is 11.9 Å². The van der Waals surface area contributed by atoms with E-state index in [1.165, 1.54) is 30.3 Å². The Labute approximate surface area is 278 Å². The fraction of sp³-hybridized carbons (Fsp3) is 0.417. The van der Waals surface area contributed by atoms with E-state index in [2.05, 4.69) is 0 Å². The summed E-state index contributed by atoms with van der Waals surface area (Å²) in [6, 6.07) is 8.44. The van der Waals surface area contributed by atoms with E-state index in [4.69, 9.17) is 10.2 Å². The molecule has 3 N–H and O–H groups in total. The molecule has 0 aromatic heterocycles. The standard InChI is InChI=1S/C36H35F6N3O4/c37-26-13-24-31(15-28(26)44-17-35(39,40)18-44)49-32-16-29(45-19-36(41,42)20-45)27(38)14-25(32)33(24)23-12-21(9-10-22(23)34(47)48)30(46)8-6-4-2-1-3-5-7-11-43/h9-10,12-16H,1-8,11,17-20,43H2/p+1. The van der Waals surface area contributed by atoms with Crippen LogP contribution in [0.2, 0.25) is 0 Å². The van der Waals surface area contributed by atoms with E-state index in [0.29, 0.717) is 13.0 Å². The first-order valence-electron chi connectivity index (χ1n) is 16.4. The number of carboxylic acid groups (broad SMARTS) is 1. The molecular formula is C36H36F6N3O4+. The molecule has 0 amide bonds. The van der Waals surface area contributed by atoms with Crippen LogP contribution in [0.3, 0.4) is 0 Å². The van der Waals surface area contributed by atoms with Gasteiger partial charge < -0.3 is 20.2 Å². The monoisotopic (exact) mass is 688 g/mol. The number of hydrogen-bond acceptors (Lipinski definition) is 5. The van der Waals surface area contributed by atoms with Crippen molar-refractivity contribution in [2.24, 2.45) is 5.73 Å². The Morgan fingerprint density at radius 1 is 0.837 bits per heavy atom. The Bertz CT molecular complexity index is 1960. The van der Waals surface area contributed by atoms with Crippen molar-refractivity contribution in [3.8, 4) is 22.5 Å². The number of carbonyl (C=O) groups excluding carboxylic acids is 1. The first-order valence-corrected chi connectivity index (χ1v) is 16.4. The Morgan fingerprint density at radius 2 is 1.51 bits per heavy atom. The SMILES string of the molecule is NCCCCCCCCCC(=O)c1ccc(C(=O)O)c(-c2c3cc(F)c(=[N+]4CC(F)(F)C4)cc-3oc3cc(N4CC(F)(F)C4)c(F)cc23)c1. The highest BCUT2D eigenvalue weighted by Gasteiger charge is 2.50. The van der Waals surface area contributed by atoms with E-state index in [0.717, 1.165) is 60.1 Å². The topological polar surface area (TPSA) is 99.8 Å². The van der Waals surface area contributed by atoms with Gasteiger partial charge in [-0.05, 0) is 49.2 Å². The Kier molecular flexibility index (Phi) is 9.49. The molecular weight excluding hydrogens is 652 g/mol. The van der Waals surface area contributed by atoms with Gasteiger partial charge in [0.05, 0.1) is 30.4 Å². The molecule has 0 unspecified atom stereocenters. The minimum absolute atomic E-state index is 0.00500. The average Bonchev–Trinajstić information content (AvgIpc) is 3.02. The van der Waals surface area contributed by atoms with Crippen LogP contribution in [0.5, 0.6) is 0 Å². The number of Topliss-reactive ketones (excluding diaryl/α,β-unsaturated/α-hetero) is 1. The van der Waals surface area contributed by atoms with Gasteiger partial charge in [-0.1, -0.05) is 38.2 Å². The summed E-state index contributed by atoms with van der Waals surface area (Å²) in [7, 11) is 0. The maximum absolute atomic E-state index is 15.6. The van der Waals surface area contributed by atoms with E-state index in [-0.39, 0.29) is 67.8 Å². The van der Waals surface area contributed by atoms with Gasteiger partial charge in [-0.15, -0.1) is 0 Å². The molecule has 6 rings (SSSR count). The smallest absolute Gasteiger partial charge is 0.361 e. The van der Waals surface area contributed by atoms with Gasteiger partial charge in [-0.2, -0.15) is 13.2 Å². The fourth-order valence-corrected chi connectivity index (χ4v) is 6.62. The van der Waals surface area contributed by atoms with Gasteiger partial charge in [0.1, 0.15) is 17.2 Å². The molecule has 2 fully saturated rings. The number of unbranched alkanes of at least 4 members (excludes halogenated alkanes) is 6. The van der Waals surface area contributed by atoms with Crippen LogP contribution in [0.1, 0.15) is 72.1 Å². The molecule has 4 aliphatic rings. The van der Waals surface area contributed by atoms with E-state index in [1.54, 1.807) is 0 Å². The second kappa shape index (κ2) is 13.5. The zero-order valence-electron chi connectivity index (χ0n) is 26.6. The van der Waals surface area contributed by atoms with Crippen molar-refractivity contribution in [2.45, 2.75) is 63.2 Å². The summed E-state index contributed by atoms with van der Waals surface area (Å²) in [5.41, 5.74) is 5.26. The van der Waals surface area contributed by atoms with Crippen LogP contribution >= 0.6 is 0 Å². The molecule has 0 atom stereocenters. The normalized spacial score (nSPS) is 16.6. The van der Waals surface area contributed by atoms with E-state index in [9.17, 15) is 32.3 Å². The van der Waals surface area contributed by atoms with Crippen LogP contribution in [0.25, 0.3) is 33.4 Å². The third-order valence-corrected chi connectivity index (χ3v) is 9.18. The van der Waals surface area contributed by atoms with Crippen LogP contribution in [0.4, 0.5) is 32.0 Å². The number of ketones is 1. The molecule has 13 heteroatoms. The summed E-state index contributed by atoms with van der Waals surface area (Å²) in [6.45, 7) is -2.25. The molecule has 2 saturated heterocycles. The number of alkyl halides is 4. The van der Waals surface area contributed by atoms with Crippen LogP contribution in [-0.4, -0.2) is 61.4 Å². The molecule has 0 saturated carbocycles. The van der Waals surface area contributed by atoms with Crippen LogP contribution in [0.15, 0.2) is 46.9 Å². The zero-order valence-corrected chi connectivity index (χ0v) is 26.6. The quantitative estimate of drug-likeness (QED) is 0.0502. The lowest BCUT2D eigenvalue weighted by Crippen LogP contribution is -2.58. The Morgan fingerprint density at radius 3 is 2.14 bits per heavy atom. The first kappa shape index (κ1) is 34.5. The zero-order chi connectivity index (χ0) is 35.1. The fourth-order valence-electron chi connectivity index (χ4n) is 6.62. The van der Waals surface area contributed by atoms with Gasteiger partial charge in [-0.3, -0.25) is 4.79 Å². The molecule has 0 spiro atoms. The molecule has 3 heterocycles. The largest absolute Gasteiger partial charge is 0.478 e. The number of nitrogens with zero attached hydrogens (tertiary/aromatic N) is 2. The number of benzene rings is 3. The van der Waals surface area contributed by atoms with Crippen molar-refractivity contribution < 1.29 is 45.5 Å². The minimum atomic E-state index is -3.01. The summed E-state index contributed by atoms with van der Waals surface area (Å²) >= 11 is 0. The number of hydrogen-bond donors (Lipinski definition) is 2. The van der Waals surface area contributed by atoms with Crippen molar-refractivity contribution in [3.05, 3.63) is 70.6 Å². The minimum Gasteiger partial charge on any atom is -0.478 e. The summed E-state index contributed by atoms with van der Waals surface area (Å²) < 4.78 is 93.2. The number of fused-ring (bicyclic) bond motifs is 2. The average molecular weight is 689 g/mol. The maximum Gasteiger partial charge on any atom is 0.361 e. The second-order valence-corrected chi connectivity index (χ2v) is 13.0. The lowest BCUT2D eigenvalue weighted by Gasteiger charge is -2.40. The summed E-state index contributed by atoms with van der Waals surface area (Å²) in [5.74, 6) is -9.46. The molecule has 0 radical (unpaired) electrons. The molecule has 0 bridgehead atoms. The van der Waals surface area contributed by atoms with Crippen molar-refractivity contribution >= 4 is 28.4 Å². The highest BCUT2D eigenvalue weighted by atomic mass is 19.3. The van der Waals surface area contributed by atoms with Crippen LogP contribution in [-0.2, 0) is 0 Å². The predicted octanol–water partition coefficient (Wildman–Crippen LogP) is 7.32. The van der Waals surface area contributed by atoms with E-state index in [1.807, 2.05) is 0 Å².